The lowest BCUT2D eigenvalue weighted by Crippen LogP contribution is -2.33. The van der Waals surface area contributed by atoms with Gasteiger partial charge in [-0.1, -0.05) is 36.0 Å². The molecule has 0 aromatic carbocycles. The number of hydrogen-bond acceptors (Lipinski definition) is 6. The van der Waals surface area contributed by atoms with E-state index in [0.717, 1.165) is 43.4 Å². The smallest absolute Gasteiger partial charge is 0.309 e. The Kier molecular flexibility index (Phi) is 10.2. The van der Waals surface area contributed by atoms with Crippen molar-refractivity contribution in [1.29, 1.82) is 5.26 Å². The lowest BCUT2D eigenvalue weighted by atomic mass is 10.1. The minimum atomic E-state index is -1.66. The zero-order valence-corrected chi connectivity index (χ0v) is 16.5. The second-order valence-corrected chi connectivity index (χ2v) is 7.61. The van der Waals surface area contributed by atoms with Crippen molar-refractivity contribution >= 4 is 40.9 Å². The normalized spacial score (nSPS) is 13.1. The maximum absolute atomic E-state index is 11.2. The number of hydrogen-bond donors (Lipinski definition) is 1. The van der Waals surface area contributed by atoms with Crippen molar-refractivity contribution in [3.8, 4) is 6.07 Å². The molecular weight excluding hydrogens is 383 g/mol. The standard InChI is InChI=1S/C17H22Cl2N2O3S/c1-24-16(22)8-17(23,11-20)12-25-7-5-3-2-4-6-13-14(18)9-21-10-15(13)19/h9-10,23H,2-8,12H2,1H3. The zero-order valence-electron chi connectivity index (χ0n) is 14.1. The zero-order chi connectivity index (χ0) is 18.7. The van der Waals surface area contributed by atoms with Crippen molar-refractivity contribution in [2.45, 2.75) is 44.1 Å². The van der Waals surface area contributed by atoms with Gasteiger partial charge in [0.15, 0.2) is 5.60 Å². The van der Waals surface area contributed by atoms with Crippen molar-refractivity contribution in [2.75, 3.05) is 18.6 Å². The third kappa shape index (κ3) is 8.28. The van der Waals surface area contributed by atoms with E-state index in [1.807, 2.05) is 0 Å². The van der Waals surface area contributed by atoms with E-state index < -0.39 is 11.6 Å². The van der Waals surface area contributed by atoms with Crippen LogP contribution in [-0.4, -0.2) is 40.3 Å². The molecule has 25 heavy (non-hydrogen) atoms. The van der Waals surface area contributed by atoms with Crippen LogP contribution in [0.1, 0.15) is 37.7 Å². The number of methoxy groups -OCH3 is 1. The summed E-state index contributed by atoms with van der Waals surface area (Å²) < 4.78 is 4.49. The molecule has 0 saturated heterocycles. The third-order valence-corrected chi connectivity index (χ3v) is 5.54. The van der Waals surface area contributed by atoms with Gasteiger partial charge in [0.2, 0.25) is 0 Å². The maximum Gasteiger partial charge on any atom is 0.309 e. The number of unbranched alkanes of at least 4 members (excludes halogenated alkanes) is 3. The average molecular weight is 405 g/mol. The van der Waals surface area contributed by atoms with E-state index in [1.165, 1.54) is 18.9 Å². The summed E-state index contributed by atoms with van der Waals surface area (Å²) in [6.45, 7) is 0. The van der Waals surface area contributed by atoms with Crippen LogP contribution in [0.15, 0.2) is 12.4 Å². The Hall–Kier alpha value is -1.00. The number of nitrogens with zero attached hydrogens (tertiary/aromatic N) is 2. The summed E-state index contributed by atoms with van der Waals surface area (Å²) in [7, 11) is 1.24. The van der Waals surface area contributed by atoms with Gasteiger partial charge in [0.1, 0.15) is 0 Å². The summed E-state index contributed by atoms with van der Waals surface area (Å²) in [5, 5.41) is 20.2. The van der Waals surface area contributed by atoms with Crippen LogP contribution in [0.25, 0.3) is 0 Å². The van der Waals surface area contributed by atoms with Crippen LogP contribution in [0.2, 0.25) is 10.0 Å². The number of nitriles is 1. The van der Waals surface area contributed by atoms with Crippen LogP contribution < -0.4 is 0 Å². The monoisotopic (exact) mass is 404 g/mol. The molecule has 1 rings (SSSR count). The van der Waals surface area contributed by atoms with Crippen LogP contribution in [-0.2, 0) is 16.0 Å². The predicted octanol–water partition coefficient (Wildman–Crippen LogP) is 4.04. The molecule has 1 atom stereocenters. The highest BCUT2D eigenvalue weighted by Gasteiger charge is 2.30. The summed E-state index contributed by atoms with van der Waals surface area (Å²) in [4.78, 5) is 15.1. The van der Waals surface area contributed by atoms with Crippen molar-refractivity contribution in [3.05, 3.63) is 28.0 Å². The van der Waals surface area contributed by atoms with Crippen molar-refractivity contribution < 1.29 is 14.6 Å². The second-order valence-electron chi connectivity index (χ2n) is 5.69. The summed E-state index contributed by atoms with van der Waals surface area (Å²) >= 11 is 13.6. The maximum atomic E-state index is 11.2. The van der Waals surface area contributed by atoms with Crippen LogP contribution >= 0.6 is 35.0 Å². The third-order valence-electron chi connectivity index (χ3n) is 3.63. The average Bonchev–Trinajstić information content (AvgIpc) is 2.59. The molecule has 0 bridgehead atoms. The second kappa shape index (κ2) is 11.6. The molecule has 0 radical (unpaired) electrons. The molecule has 1 aromatic rings. The lowest BCUT2D eigenvalue weighted by Gasteiger charge is -2.18. The minimum absolute atomic E-state index is 0.195. The molecule has 1 unspecified atom stereocenters. The molecule has 0 saturated carbocycles. The number of pyridine rings is 1. The first kappa shape index (κ1) is 22.0. The van der Waals surface area contributed by atoms with Gasteiger partial charge in [-0.2, -0.15) is 17.0 Å². The van der Waals surface area contributed by atoms with Gasteiger partial charge in [0.25, 0.3) is 0 Å². The summed E-state index contributed by atoms with van der Waals surface area (Å²) in [6, 6.07) is 1.79. The number of aromatic nitrogens is 1. The Morgan fingerprint density at radius 3 is 2.56 bits per heavy atom. The van der Waals surface area contributed by atoms with Crippen LogP contribution in [0.4, 0.5) is 0 Å². The van der Waals surface area contributed by atoms with E-state index in [-0.39, 0.29) is 12.2 Å². The molecule has 138 valence electrons. The molecule has 0 aliphatic carbocycles. The van der Waals surface area contributed by atoms with Crippen LogP contribution in [0.5, 0.6) is 0 Å². The first-order valence-corrected chi connectivity index (χ1v) is 9.89. The molecule has 0 spiro atoms. The number of carbonyl (C=O) groups excluding carboxylic acids is 1. The molecule has 1 heterocycles. The fourth-order valence-electron chi connectivity index (χ4n) is 2.21. The highest BCUT2D eigenvalue weighted by Crippen LogP contribution is 2.25. The Balaban J connectivity index is 2.16. The van der Waals surface area contributed by atoms with Gasteiger partial charge >= 0.3 is 5.97 Å². The number of carbonyl (C=O) groups is 1. The largest absolute Gasteiger partial charge is 0.469 e. The molecule has 0 amide bonds. The van der Waals surface area contributed by atoms with Crippen molar-refractivity contribution in [1.82, 2.24) is 4.98 Å². The fraction of sp³-hybridized carbons (Fsp3) is 0.588. The molecule has 5 nitrogen and oxygen atoms in total. The number of halogens is 2. The summed E-state index contributed by atoms with van der Waals surface area (Å²) in [5.74, 6) is 0.432. The SMILES string of the molecule is COC(=O)CC(O)(C#N)CSCCCCCCc1c(Cl)cncc1Cl. The van der Waals surface area contributed by atoms with Crippen LogP contribution in [0.3, 0.4) is 0 Å². The number of aliphatic hydroxyl groups is 1. The summed E-state index contributed by atoms with van der Waals surface area (Å²) in [5.41, 5.74) is -0.721. The summed E-state index contributed by atoms with van der Waals surface area (Å²) in [6.07, 6.45) is 7.76. The van der Waals surface area contributed by atoms with E-state index in [4.69, 9.17) is 28.5 Å². The Labute approximate surface area is 162 Å². The van der Waals surface area contributed by atoms with Gasteiger partial charge in [-0.3, -0.25) is 9.78 Å². The Morgan fingerprint density at radius 1 is 1.32 bits per heavy atom. The van der Waals surface area contributed by atoms with Gasteiger partial charge in [0.05, 0.1) is 29.6 Å². The molecule has 0 aliphatic heterocycles. The van der Waals surface area contributed by atoms with Gasteiger partial charge in [0, 0.05) is 18.1 Å². The number of rotatable bonds is 11. The lowest BCUT2D eigenvalue weighted by molar-refractivity contribution is -0.143. The quantitative estimate of drug-likeness (QED) is 0.340. The van der Waals surface area contributed by atoms with E-state index in [0.29, 0.717) is 10.0 Å². The highest BCUT2D eigenvalue weighted by atomic mass is 35.5. The number of thioether (sulfide) groups is 1. The Morgan fingerprint density at radius 2 is 1.96 bits per heavy atom. The van der Waals surface area contributed by atoms with Crippen molar-refractivity contribution in [2.24, 2.45) is 0 Å². The minimum Gasteiger partial charge on any atom is -0.469 e. The van der Waals surface area contributed by atoms with Crippen molar-refractivity contribution in [3.63, 3.8) is 0 Å². The first-order chi connectivity index (χ1) is 11.9. The predicted molar refractivity (Wildman–Crippen MR) is 101 cm³/mol. The topological polar surface area (TPSA) is 83.2 Å². The number of ether oxygens (including phenoxy) is 1. The molecule has 0 aliphatic rings. The van der Waals surface area contributed by atoms with E-state index >= 15 is 0 Å². The highest BCUT2D eigenvalue weighted by molar-refractivity contribution is 7.99. The molecule has 8 heteroatoms. The molecular formula is C17H22Cl2N2O3S. The van der Waals surface area contributed by atoms with Gasteiger partial charge in [-0.25, -0.2) is 0 Å². The molecule has 0 fully saturated rings. The van der Waals surface area contributed by atoms with E-state index in [2.05, 4.69) is 9.72 Å². The fourth-order valence-corrected chi connectivity index (χ4v) is 3.82. The Bertz CT molecular complexity index is 590. The van der Waals surface area contributed by atoms with E-state index in [9.17, 15) is 9.90 Å². The van der Waals surface area contributed by atoms with Crippen LogP contribution in [0, 0.1) is 11.3 Å². The van der Waals surface area contributed by atoms with Gasteiger partial charge in [-0.05, 0) is 30.6 Å². The first-order valence-electron chi connectivity index (χ1n) is 7.98. The molecule has 1 N–H and O–H groups in total. The molecule has 1 aromatic heterocycles. The number of esters is 1. The van der Waals surface area contributed by atoms with Gasteiger partial charge in [-0.15, -0.1) is 0 Å². The van der Waals surface area contributed by atoms with E-state index in [1.54, 1.807) is 18.5 Å². The van der Waals surface area contributed by atoms with Gasteiger partial charge < -0.3 is 9.84 Å².